The molecule has 0 spiro atoms. The number of ether oxygens (including phenoxy) is 2. The fourth-order valence-electron chi connectivity index (χ4n) is 2.59. The van der Waals surface area contributed by atoms with E-state index in [4.69, 9.17) is 21.7 Å². The zero-order chi connectivity index (χ0) is 15.1. The van der Waals surface area contributed by atoms with Crippen molar-refractivity contribution in [2.24, 2.45) is 0 Å². The molecule has 108 valence electrons. The minimum atomic E-state index is -0.193. The van der Waals surface area contributed by atoms with E-state index in [1.165, 1.54) is 0 Å². The highest BCUT2D eigenvalue weighted by Gasteiger charge is 2.24. The Bertz CT molecular complexity index is 842. The second-order valence-electron chi connectivity index (χ2n) is 5.00. The summed E-state index contributed by atoms with van der Waals surface area (Å²) in [5.74, 6) is 1.22. The van der Waals surface area contributed by atoms with E-state index >= 15 is 0 Å². The highest BCUT2D eigenvalue weighted by molar-refractivity contribution is 7.80. The average molecular weight is 309 g/mol. The lowest BCUT2D eigenvalue weighted by Crippen LogP contribution is -2.35. The predicted molar refractivity (Wildman–Crippen MR) is 86.7 cm³/mol. The van der Waals surface area contributed by atoms with Crippen LogP contribution in [0, 0.1) is 0 Å². The summed E-state index contributed by atoms with van der Waals surface area (Å²) in [6.45, 7) is 0.229. The fourth-order valence-corrected chi connectivity index (χ4v) is 2.86. The zero-order valence-corrected chi connectivity index (χ0v) is 12.3. The topological polar surface area (TPSA) is 47.6 Å². The summed E-state index contributed by atoms with van der Waals surface area (Å²) in [6, 6.07) is 13.2. The maximum atomic E-state index is 12.3. The normalized spacial score (nSPS) is 17.4. The second-order valence-corrected chi connectivity index (χ2v) is 5.41. The molecular formula is C17H11NO3S. The van der Waals surface area contributed by atoms with Gasteiger partial charge in [-0.15, -0.1) is 0 Å². The summed E-state index contributed by atoms with van der Waals surface area (Å²) in [5, 5.41) is 2.73. The molecule has 0 saturated heterocycles. The molecule has 2 aromatic carbocycles. The molecule has 4 nitrogen and oxygen atoms in total. The van der Waals surface area contributed by atoms with Crippen LogP contribution in [0.25, 0.3) is 11.6 Å². The third kappa shape index (κ3) is 2.07. The van der Waals surface area contributed by atoms with Gasteiger partial charge in [0.05, 0.1) is 0 Å². The number of carbonyl (C=O) groups excluding carboxylic acids is 1. The van der Waals surface area contributed by atoms with Gasteiger partial charge in [0.2, 0.25) is 6.79 Å². The van der Waals surface area contributed by atoms with Crippen molar-refractivity contribution >= 4 is 34.8 Å². The molecule has 0 saturated carbocycles. The summed E-state index contributed by atoms with van der Waals surface area (Å²) in [4.78, 5) is 12.7. The van der Waals surface area contributed by atoms with E-state index in [1.54, 1.807) is 0 Å². The summed E-state index contributed by atoms with van der Waals surface area (Å²) in [7, 11) is 0. The molecule has 22 heavy (non-hydrogen) atoms. The third-order valence-corrected chi connectivity index (χ3v) is 3.96. The Hall–Kier alpha value is -2.66. The van der Waals surface area contributed by atoms with Crippen LogP contribution in [0.2, 0.25) is 0 Å². The van der Waals surface area contributed by atoms with E-state index in [2.05, 4.69) is 5.32 Å². The Morgan fingerprint density at radius 2 is 1.82 bits per heavy atom. The highest BCUT2D eigenvalue weighted by Crippen LogP contribution is 2.34. The standard InChI is InChI=1S/C17H11NO3S/c19-16-13(11-3-1-2-4-12(11)17(22)18-16)7-10-5-6-14-15(8-10)21-9-20-14/h1-8H,9H2,(H,18,19,22)/b13-7-. The Morgan fingerprint density at radius 1 is 1.05 bits per heavy atom. The van der Waals surface area contributed by atoms with Crippen LogP contribution in [0.5, 0.6) is 11.5 Å². The lowest BCUT2D eigenvalue weighted by atomic mass is 9.94. The SMILES string of the molecule is O=C1NC(=S)c2ccccc2/C1=C/c1ccc2c(c1)OCO2. The Labute approximate surface area is 132 Å². The Balaban J connectivity index is 1.83. The van der Waals surface area contributed by atoms with Gasteiger partial charge in [-0.1, -0.05) is 42.5 Å². The molecule has 1 amide bonds. The van der Waals surface area contributed by atoms with Crippen LogP contribution in [0.3, 0.4) is 0 Å². The summed E-state index contributed by atoms with van der Waals surface area (Å²) < 4.78 is 10.7. The van der Waals surface area contributed by atoms with Crippen LogP contribution in [0.15, 0.2) is 42.5 Å². The van der Waals surface area contributed by atoms with Gasteiger partial charge in [-0.2, -0.15) is 0 Å². The van der Waals surface area contributed by atoms with Crippen molar-refractivity contribution < 1.29 is 14.3 Å². The van der Waals surface area contributed by atoms with E-state index in [-0.39, 0.29) is 12.7 Å². The lowest BCUT2D eigenvalue weighted by molar-refractivity contribution is -0.114. The first kappa shape index (κ1) is 13.0. The molecule has 0 bridgehead atoms. The number of hydrogen-bond donors (Lipinski definition) is 1. The van der Waals surface area contributed by atoms with Crippen molar-refractivity contribution in [3.05, 3.63) is 59.2 Å². The van der Waals surface area contributed by atoms with Crippen molar-refractivity contribution in [2.45, 2.75) is 0 Å². The first-order valence-corrected chi connectivity index (χ1v) is 7.19. The quantitative estimate of drug-likeness (QED) is 0.650. The zero-order valence-electron chi connectivity index (χ0n) is 11.5. The maximum Gasteiger partial charge on any atom is 0.256 e. The van der Waals surface area contributed by atoms with Gasteiger partial charge < -0.3 is 14.8 Å². The van der Waals surface area contributed by atoms with Crippen molar-refractivity contribution in [1.29, 1.82) is 0 Å². The van der Waals surface area contributed by atoms with Gasteiger partial charge in [-0.05, 0) is 29.3 Å². The average Bonchev–Trinajstić information content (AvgIpc) is 2.99. The molecular weight excluding hydrogens is 298 g/mol. The number of thiocarbonyl (C=S) groups is 1. The fraction of sp³-hybridized carbons (Fsp3) is 0.0588. The summed E-state index contributed by atoms with van der Waals surface area (Å²) >= 11 is 5.22. The molecule has 0 aliphatic carbocycles. The third-order valence-electron chi connectivity index (χ3n) is 3.64. The van der Waals surface area contributed by atoms with Gasteiger partial charge in [0.1, 0.15) is 4.99 Å². The first-order valence-electron chi connectivity index (χ1n) is 6.79. The number of carbonyl (C=O) groups is 1. The van der Waals surface area contributed by atoms with Crippen LogP contribution in [0.1, 0.15) is 16.7 Å². The van der Waals surface area contributed by atoms with Gasteiger partial charge in [0.15, 0.2) is 11.5 Å². The molecule has 5 heteroatoms. The van der Waals surface area contributed by atoms with E-state index in [1.807, 2.05) is 48.5 Å². The highest BCUT2D eigenvalue weighted by atomic mass is 32.1. The van der Waals surface area contributed by atoms with E-state index < -0.39 is 0 Å². The Kier molecular flexibility index (Phi) is 2.94. The molecule has 2 aliphatic rings. The van der Waals surface area contributed by atoms with E-state index in [9.17, 15) is 4.79 Å². The molecule has 0 unspecified atom stereocenters. The molecule has 1 N–H and O–H groups in total. The number of fused-ring (bicyclic) bond motifs is 2. The molecule has 0 aromatic heterocycles. The minimum Gasteiger partial charge on any atom is -0.454 e. The summed E-state index contributed by atoms with van der Waals surface area (Å²) in [5.41, 5.74) is 3.16. The number of nitrogens with one attached hydrogen (secondary N) is 1. The lowest BCUT2D eigenvalue weighted by Gasteiger charge is -2.20. The van der Waals surface area contributed by atoms with Gasteiger partial charge in [-0.3, -0.25) is 4.79 Å². The van der Waals surface area contributed by atoms with Gasteiger partial charge in [0.25, 0.3) is 5.91 Å². The predicted octanol–water partition coefficient (Wildman–Crippen LogP) is 2.76. The molecule has 2 heterocycles. The summed E-state index contributed by atoms with van der Waals surface area (Å²) in [6.07, 6.45) is 1.83. The monoisotopic (exact) mass is 309 g/mol. The molecule has 0 radical (unpaired) electrons. The van der Waals surface area contributed by atoms with Crippen molar-refractivity contribution in [3.8, 4) is 11.5 Å². The molecule has 4 rings (SSSR count). The number of amides is 1. The van der Waals surface area contributed by atoms with Crippen molar-refractivity contribution in [3.63, 3.8) is 0 Å². The smallest absolute Gasteiger partial charge is 0.256 e. The molecule has 2 aliphatic heterocycles. The molecule has 0 fully saturated rings. The van der Waals surface area contributed by atoms with E-state index in [0.29, 0.717) is 16.3 Å². The number of rotatable bonds is 1. The maximum absolute atomic E-state index is 12.3. The minimum absolute atomic E-state index is 0.193. The largest absolute Gasteiger partial charge is 0.454 e. The number of hydrogen-bond acceptors (Lipinski definition) is 4. The van der Waals surface area contributed by atoms with Crippen LogP contribution in [0.4, 0.5) is 0 Å². The molecule has 0 atom stereocenters. The first-order chi connectivity index (χ1) is 10.7. The molecule has 2 aromatic rings. The van der Waals surface area contributed by atoms with Crippen LogP contribution in [-0.2, 0) is 4.79 Å². The number of benzene rings is 2. The van der Waals surface area contributed by atoms with E-state index in [0.717, 1.165) is 22.4 Å². The Morgan fingerprint density at radius 3 is 2.68 bits per heavy atom. The van der Waals surface area contributed by atoms with Crippen LogP contribution < -0.4 is 14.8 Å². The van der Waals surface area contributed by atoms with Crippen molar-refractivity contribution in [1.82, 2.24) is 5.32 Å². The van der Waals surface area contributed by atoms with Gasteiger partial charge in [-0.25, -0.2) is 0 Å². The van der Waals surface area contributed by atoms with Crippen LogP contribution in [-0.4, -0.2) is 17.7 Å². The van der Waals surface area contributed by atoms with Gasteiger partial charge >= 0.3 is 0 Å². The van der Waals surface area contributed by atoms with Crippen molar-refractivity contribution in [2.75, 3.05) is 6.79 Å². The second kappa shape index (κ2) is 4.96. The van der Waals surface area contributed by atoms with Crippen LogP contribution >= 0.6 is 12.2 Å². The van der Waals surface area contributed by atoms with Gasteiger partial charge in [0, 0.05) is 11.1 Å².